The molecule has 0 radical (unpaired) electrons. The van der Waals surface area contributed by atoms with Crippen molar-refractivity contribution in [2.24, 2.45) is 20.5 Å². The summed E-state index contributed by atoms with van der Waals surface area (Å²) in [7, 11) is 0. The third-order valence-electron chi connectivity index (χ3n) is 3.98. The largest absolute Gasteiger partial charge is 0.382 e. The highest BCUT2D eigenvalue weighted by molar-refractivity contribution is 7.21. The average molecular weight is 436 g/mol. The van der Waals surface area contributed by atoms with E-state index >= 15 is 0 Å². The van der Waals surface area contributed by atoms with Gasteiger partial charge in [0.1, 0.15) is 0 Å². The van der Waals surface area contributed by atoms with Gasteiger partial charge in [0.05, 0.1) is 10.2 Å². The van der Waals surface area contributed by atoms with Crippen molar-refractivity contribution in [3.63, 3.8) is 0 Å². The summed E-state index contributed by atoms with van der Waals surface area (Å²) < 4.78 is 2.30. The fraction of sp³-hybridized carbons (Fsp3) is 0. The topological polar surface area (TPSA) is 183 Å². The van der Waals surface area contributed by atoms with E-state index in [1.807, 2.05) is 24.3 Å². The van der Waals surface area contributed by atoms with E-state index in [4.69, 9.17) is 17.2 Å². The van der Waals surface area contributed by atoms with Crippen molar-refractivity contribution in [2.75, 3.05) is 17.2 Å². The van der Waals surface area contributed by atoms with E-state index in [9.17, 15) is 0 Å². The number of para-hydroxylation sites is 1. The number of rotatable bonds is 4. The summed E-state index contributed by atoms with van der Waals surface area (Å²) >= 11 is 2.72. The van der Waals surface area contributed by atoms with Crippen LogP contribution in [0.15, 0.2) is 56.3 Å². The van der Waals surface area contributed by atoms with Crippen LogP contribution in [0, 0.1) is 0 Å². The Hall–Kier alpha value is -4.04. The predicted octanol–water partition coefficient (Wildman–Crippen LogP) is 4.37. The summed E-state index contributed by atoms with van der Waals surface area (Å²) in [6.45, 7) is 0. The number of anilines is 3. The highest BCUT2D eigenvalue weighted by Gasteiger charge is 2.19. The highest BCUT2D eigenvalue weighted by Crippen LogP contribution is 2.37. The Morgan fingerprint density at radius 2 is 1.67 bits per heavy atom. The fourth-order valence-corrected chi connectivity index (χ4v) is 3.88. The molecule has 1 aromatic carbocycles. The third-order valence-corrected chi connectivity index (χ3v) is 5.55. The molecular formula is C16H12N12S2. The smallest absolute Gasteiger partial charge is 0.231 e. The van der Waals surface area contributed by atoms with Crippen LogP contribution in [-0.2, 0) is 0 Å². The Labute approximate surface area is 175 Å². The molecule has 0 aliphatic heterocycles. The van der Waals surface area contributed by atoms with Crippen LogP contribution in [0.1, 0.15) is 0 Å². The van der Waals surface area contributed by atoms with Crippen molar-refractivity contribution in [3.05, 3.63) is 35.8 Å². The second kappa shape index (κ2) is 7.09. The normalized spacial score (nSPS) is 12.1. The lowest BCUT2D eigenvalue weighted by Crippen LogP contribution is -2.04. The van der Waals surface area contributed by atoms with Gasteiger partial charge in [0.15, 0.2) is 34.5 Å². The molecule has 4 aromatic heterocycles. The van der Waals surface area contributed by atoms with Gasteiger partial charge >= 0.3 is 0 Å². The van der Waals surface area contributed by atoms with Crippen LogP contribution in [0.3, 0.4) is 0 Å². The molecular weight excluding hydrogens is 424 g/mol. The molecule has 4 heterocycles. The monoisotopic (exact) mass is 436 g/mol. The van der Waals surface area contributed by atoms with Gasteiger partial charge in [-0.2, -0.15) is 4.52 Å². The first-order chi connectivity index (χ1) is 14.6. The van der Waals surface area contributed by atoms with Crippen LogP contribution in [0.5, 0.6) is 0 Å². The van der Waals surface area contributed by atoms with Gasteiger partial charge in [0.25, 0.3) is 0 Å². The molecule has 5 rings (SSSR count). The molecule has 0 amide bonds. The number of nitrogen functional groups attached to an aromatic ring is 3. The number of hydrogen-bond donors (Lipinski definition) is 3. The first-order valence-corrected chi connectivity index (χ1v) is 10.1. The second-order valence-corrected chi connectivity index (χ2v) is 7.76. The Kier molecular flexibility index (Phi) is 4.26. The van der Waals surface area contributed by atoms with Crippen LogP contribution in [0.4, 0.5) is 39.1 Å². The van der Waals surface area contributed by atoms with E-state index < -0.39 is 0 Å². The van der Waals surface area contributed by atoms with Crippen molar-refractivity contribution in [2.45, 2.75) is 0 Å². The van der Waals surface area contributed by atoms with Gasteiger partial charge in [-0.3, -0.25) is 0 Å². The lowest BCUT2D eigenvalue weighted by atomic mass is 10.3. The summed E-state index contributed by atoms with van der Waals surface area (Å²) in [5.74, 6) is 0.259. The van der Waals surface area contributed by atoms with Gasteiger partial charge in [-0.25, -0.2) is 15.0 Å². The van der Waals surface area contributed by atoms with Crippen molar-refractivity contribution < 1.29 is 0 Å². The molecule has 0 atom stereocenters. The lowest BCUT2D eigenvalue weighted by molar-refractivity contribution is 0.955. The zero-order valence-corrected chi connectivity index (χ0v) is 16.7. The molecule has 14 heteroatoms. The summed E-state index contributed by atoms with van der Waals surface area (Å²) in [5.41, 5.74) is 19.7. The van der Waals surface area contributed by atoms with Gasteiger partial charge in [-0.05, 0) is 12.1 Å². The average Bonchev–Trinajstić information content (AvgIpc) is 3.45. The van der Waals surface area contributed by atoms with Crippen LogP contribution < -0.4 is 17.2 Å². The third kappa shape index (κ3) is 3.09. The zero-order chi connectivity index (χ0) is 20.7. The van der Waals surface area contributed by atoms with E-state index in [0.717, 1.165) is 10.2 Å². The molecule has 148 valence electrons. The van der Waals surface area contributed by atoms with Crippen LogP contribution in [-0.4, -0.2) is 24.6 Å². The minimum atomic E-state index is 0.0524. The number of aromatic nitrogens is 5. The van der Waals surface area contributed by atoms with Crippen molar-refractivity contribution >= 4 is 77.6 Å². The lowest BCUT2D eigenvalue weighted by Gasteiger charge is -2.04. The quantitative estimate of drug-likeness (QED) is 0.349. The number of hydrogen-bond acceptors (Lipinski definition) is 13. The minimum absolute atomic E-state index is 0.0524. The first kappa shape index (κ1) is 18.0. The number of nitrogens with two attached hydrogens (primary N) is 3. The van der Waals surface area contributed by atoms with Gasteiger partial charge in [0.2, 0.25) is 10.3 Å². The molecule has 0 spiro atoms. The molecule has 0 saturated carbocycles. The minimum Gasteiger partial charge on any atom is -0.382 e. The highest BCUT2D eigenvalue weighted by atomic mass is 32.1. The molecule has 0 unspecified atom stereocenters. The van der Waals surface area contributed by atoms with E-state index in [0.29, 0.717) is 10.3 Å². The van der Waals surface area contributed by atoms with E-state index in [2.05, 4.69) is 40.5 Å². The van der Waals surface area contributed by atoms with Crippen molar-refractivity contribution in [1.82, 2.24) is 24.6 Å². The summed E-state index contributed by atoms with van der Waals surface area (Å²) in [4.78, 5) is 12.7. The van der Waals surface area contributed by atoms with Crippen LogP contribution in [0.25, 0.3) is 15.9 Å². The fourth-order valence-electron chi connectivity index (χ4n) is 2.64. The Morgan fingerprint density at radius 3 is 2.47 bits per heavy atom. The maximum Gasteiger partial charge on any atom is 0.231 e. The maximum atomic E-state index is 6.17. The molecule has 6 N–H and O–H groups in total. The molecule has 0 saturated heterocycles. The predicted molar refractivity (Wildman–Crippen MR) is 116 cm³/mol. The second-order valence-electron chi connectivity index (χ2n) is 5.88. The number of azo groups is 2. The molecule has 5 aromatic rings. The number of benzene rings is 1. The molecule has 0 aliphatic carbocycles. The molecule has 12 nitrogen and oxygen atoms in total. The van der Waals surface area contributed by atoms with Crippen LogP contribution >= 0.6 is 22.7 Å². The Balaban J connectivity index is 1.55. The van der Waals surface area contributed by atoms with E-state index in [1.54, 1.807) is 11.6 Å². The summed E-state index contributed by atoms with van der Waals surface area (Å²) in [6, 6.07) is 7.70. The van der Waals surface area contributed by atoms with Crippen molar-refractivity contribution in [3.8, 4) is 0 Å². The van der Waals surface area contributed by atoms with E-state index in [-0.39, 0.29) is 34.5 Å². The number of thiazole rings is 2. The molecule has 0 fully saturated rings. The number of fused-ring (bicyclic) bond motifs is 2. The summed E-state index contributed by atoms with van der Waals surface area (Å²) in [6.07, 6.45) is 1.62. The van der Waals surface area contributed by atoms with Gasteiger partial charge in [0, 0.05) is 11.6 Å². The maximum absolute atomic E-state index is 6.17. The zero-order valence-electron chi connectivity index (χ0n) is 15.0. The van der Waals surface area contributed by atoms with Gasteiger partial charge in [-0.1, -0.05) is 23.5 Å². The Morgan fingerprint density at radius 1 is 0.867 bits per heavy atom. The van der Waals surface area contributed by atoms with Crippen molar-refractivity contribution in [1.29, 1.82) is 0 Å². The van der Waals surface area contributed by atoms with Gasteiger partial charge in [-0.15, -0.1) is 36.9 Å². The number of nitrogens with zero attached hydrogens (tertiary/aromatic N) is 9. The first-order valence-electron chi connectivity index (χ1n) is 8.42. The molecule has 30 heavy (non-hydrogen) atoms. The summed E-state index contributed by atoms with van der Waals surface area (Å²) in [5, 5.41) is 23.3. The standard InChI is InChI=1S/C16H12N12S2/c17-11-9(23-25-15-20-5-6-29-15)13(19)28-14(22-11)10(12(18)27-28)24-26-16-21-7-3-1-2-4-8(7)30-16/h1-6H,19H2,(H2,17,22)(H2,18,27). The van der Waals surface area contributed by atoms with Crippen LogP contribution in [0.2, 0.25) is 0 Å². The van der Waals surface area contributed by atoms with E-state index in [1.165, 1.54) is 27.2 Å². The van der Waals surface area contributed by atoms with Gasteiger partial charge < -0.3 is 17.2 Å². The Bertz CT molecular complexity index is 1400. The molecule has 0 bridgehead atoms. The SMILES string of the molecule is Nc1nc2c(N=Nc3nc4ccccc4s3)c(N)nn2c(N)c1N=Nc1nccs1. The molecule has 0 aliphatic rings.